The molecule has 0 atom stereocenters. The Morgan fingerprint density at radius 3 is 2.75 bits per heavy atom. The number of pyridine rings is 1. The number of carboxylic acid groups (broad SMARTS) is 1. The number of aliphatic imine (C=N–C) groups is 1. The van der Waals surface area contributed by atoms with Crippen LogP contribution in [0, 0.1) is 0 Å². The average Bonchev–Trinajstić information content (AvgIpc) is 2.55. The third-order valence-corrected chi connectivity index (χ3v) is 4.72. The predicted octanol–water partition coefficient (Wildman–Crippen LogP) is 0.607. The summed E-state index contributed by atoms with van der Waals surface area (Å²) in [5, 5.41) is 12.6. The van der Waals surface area contributed by atoms with Gasteiger partial charge in [0.1, 0.15) is 12.4 Å². The molecule has 2 aromatic rings. The lowest BCUT2D eigenvalue weighted by atomic mass is 10.1. The van der Waals surface area contributed by atoms with Crippen LogP contribution in [0.25, 0.3) is 10.8 Å². The number of anilines is 1. The van der Waals surface area contributed by atoms with E-state index < -0.39 is 22.5 Å². The van der Waals surface area contributed by atoms with Crippen molar-refractivity contribution in [3.05, 3.63) is 29.4 Å². The molecule has 0 aliphatic rings. The molecule has 1 aromatic carbocycles. The zero-order valence-corrected chi connectivity index (χ0v) is 14.0. The number of rotatable bonds is 5. The number of aromatic nitrogens is 1. The second kappa shape index (κ2) is 6.99. The maximum absolute atomic E-state index is 12.2. The number of nitrogens with zero attached hydrogens (tertiary/aromatic N) is 2. The first-order chi connectivity index (χ1) is 11.2. The largest absolute Gasteiger partial charge is 0.480 e. The number of benzene rings is 1. The minimum Gasteiger partial charge on any atom is -0.480 e. The maximum Gasteiger partial charge on any atom is 0.318 e. The fourth-order valence-electron chi connectivity index (χ4n) is 1.87. The Morgan fingerprint density at radius 1 is 1.42 bits per heavy atom. The summed E-state index contributed by atoms with van der Waals surface area (Å²) in [6, 6.07) is 4.14. The Hall–Kier alpha value is -2.43. The van der Waals surface area contributed by atoms with Gasteiger partial charge in [0, 0.05) is 24.0 Å². The van der Waals surface area contributed by atoms with Crippen LogP contribution >= 0.6 is 11.6 Å². The first-order valence-electron chi connectivity index (χ1n) is 6.53. The summed E-state index contributed by atoms with van der Waals surface area (Å²) in [6.45, 7) is -0.727. The standard InChI is InChI=1S/C13H14ClN5O4S/c1-16-13(15)19-12-9-4-7(24(22,23)18-6-11(20)21)2-3-8(9)10(14)5-17-12/h2-5,18H,6H2,1H3,(H,20,21)(H3,15,16,17,19). The minimum absolute atomic E-state index is 0.0865. The van der Waals surface area contributed by atoms with Gasteiger partial charge in [-0.25, -0.2) is 13.4 Å². The molecule has 0 spiro atoms. The van der Waals surface area contributed by atoms with E-state index in [4.69, 9.17) is 22.4 Å². The molecule has 0 amide bonds. The summed E-state index contributed by atoms with van der Waals surface area (Å²) in [7, 11) is -2.52. The average molecular weight is 372 g/mol. The van der Waals surface area contributed by atoms with E-state index in [1.165, 1.54) is 31.4 Å². The number of nitrogens with two attached hydrogens (primary N) is 1. The van der Waals surface area contributed by atoms with Gasteiger partial charge in [-0.1, -0.05) is 17.7 Å². The van der Waals surface area contributed by atoms with Gasteiger partial charge in [-0.05, 0) is 12.1 Å². The number of hydrogen-bond donors (Lipinski definition) is 4. The van der Waals surface area contributed by atoms with Crippen LogP contribution in [0.4, 0.5) is 5.82 Å². The summed E-state index contributed by atoms with van der Waals surface area (Å²) in [4.78, 5) is 18.2. The molecular formula is C13H14ClN5O4S. The summed E-state index contributed by atoms with van der Waals surface area (Å²) < 4.78 is 26.3. The normalized spacial score (nSPS) is 12.3. The quantitative estimate of drug-likeness (QED) is 0.444. The Labute approximate surface area is 142 Å². The van der Waals surface area contributed by atoms with Gasteiger partial charge >= 0.3 is 5.97 Å². The molecule has 5 N–H and O–H groups in total. The molecule has 128 valence electrons. The van der Waals surface area contributed by atoms with E-state index in [0.717, 1.165) is 0 Å². The van der Waals surface area contributed by atoms with E-state index in [0.29, 0.717) is 15.8 Å². The monoisotopic (exact) mass is 371 g/mol. The van der Waals surface area contributed by atoms with Crippen LogP contribution in [0.3, 0.4) is 0 Å². The van der Waals surface area contributed by atoms with Crippen molar-refractivity contribution in [2.24, 2.45) is 10.7 Å². The van der Waals surface area contributed by atoms with Gasteiger partial charge < -0.3 is 16.2 Å². The zero-order valence-electron chi connectivity index (χ0n) is 12.4. The Bertz CT molecular complexity index is 929. The Kier molecular flexibility index (Phi) is 5.22. The molecule has 2 rings (SSSR count). The molecule has 0 fully saturated rings. The van der Waals surface area contributed by atoms with Gasteiger partial charge in [0.15, 0.2) is 5.96 Å². The van der Waals surface area contributed by atoms with Crippen LogP contribution in [-0.2, 0) is 14.8 Å². The molecule has 24 heavy (non-hydrogen) atoms. The van der Waals surface area contributed by atoms with Crippen molar-refractivity contribution in [1.29, 1.82) is 0 Å². The number of guanidine groups is 1. The second-order valence-corrected chi connectivity index (χ2v) is 6.79. The van der Waals surface area contributed by atoms with E-state index in [1.807, 2.05) is 4.72 Å². The topological polar surface area (TPSA) is 147 Å². The first kappa shape index (κ1) is 17.9. The highest BCUT2D eigenvalue weighted by atomic mass is 35.5. The predicted molar refractivity (Wildman–Crippen MR) is 90.7 cm³/mol. The molecule has 0 saturated heterocycles. The number of halogens is 1. The van der Waals surface area contributed by atoms with Crippen molar-refractivity contribution in [3.63, 3.8) is 0 Å². The molecule has 0 unspecified atom stereocenters. The van der Waals surface area contributed by atoms with E-state index in [-0.39, 0.29) is 16.7 Å². The van der Waals surface area contributed by atoms with Gasteiger partial charge in [0.05, 0.1) is 9.92 Å². The van der Waals surface area contributed by atoms with E-state index in [9.17, 15) is 13.2 Å². The molecule has 0 aliphatic heterocycles. The lowest BCUT2D eigenvalue weighted by Crippen LogP contribution is -2.29. The lowest BCUT2D eigenvalue weighted by molar-refractivity contribution is -0.135. The first-order valence-corrected chi connectivity index (χ1v) is 8.39. The SMILES string of the molecule is CN=C(N)Nc1ncc(Cl)c2ccc(S(=O)(=O)NCC(=O)O)cc12. The van der Waals surface area contributed by atoms with Crippen molar-refractivity contribution in [1.82, 2.24) is 9.71 Å². The van der Waals surface area contributed by atoms with Gasteiger partial charge in [0.2, 0.25) is 10.0 Å². The summed E-state index contributed by atoms with van der Waals surface area (Å²) in [5.41, 5.74) is 5.61. The number of sulfonamides is 1. The summed E-state index contributed by atoms with van der Waals surface area (Å²) in [6.07, 6.45) is 1.39. The number of aliphatic carboxylic acids is 1. The summed E-state index contributed by atoms with van der Waals surface area (Å²) in [5.74, 6) is -0.936. The number of carbonyl (C=O) groups is 1. The fourth-order valence-corrected chi connectivity index (χ4v) is 3.09. The highest BCUT2D eigenvalue weighted by Crippen LogP contribution is 2.29. The number of carboxylic acids is 1. The molecular weight excluding hydrogens is 358 g/mol. The van der Waals surface area contributed by atoms with Crippen LogP contribution in [-0.4, -0.2) is 44.0 Å². The van der Waals surface area contributed by atoms with Gasteiger partial charge in [-0.15, -0.1) is 0 Å². The van der Waals surface area contributed by atoms with Crippen molar-refractivity contribution in [2.75, 3.05) is 18.9 Å². The highest BCUT2D eigenvalue weighted by Gasteiger charge is 2.17. The van der Waals surface area contributed by atoms with Gasteiger partial charge in [0.25, 0.3) is 0 Å². The van der Waals surface area contributed by atoms with Crippen LogP contribution in [0.1, 0.15) is 0 Å². The highest BCUT2D eigenvalue weighted by molar-refractivity contribution is 7.89. The van der Waals surface area contributed by atoms with Crippen molar-refractivity contribution < 1.29 is 18.3 Å². The number of fused-ring (bicyclic) bond motifs is 1. The molecule has 11 heteroatoms. The number of nitrogens with one attached hydrogen (secondary N) is 2. The smallest absolute Gasteiger partial charge is 0.318 e. The molecule has 0 aliphatic carbocycles. The summed E-state index contributed by atoms with van der Waals surface area (Å²) >= 11 is 6.07. The van der Waals surface area contributed by atoms with E-state index >= 15 is 0 Å². The van der Waals surface area contributed by atoms with Crippen molar-refractivity contribution >= 4 is 50.1 Å². The third kappa shape index (κ3) is 3.91. The van der Waals surface area contributed by atoms with Crippen LogP contribution in [0.15, 0.2) is 34.3 Å². The lowest BCUT2D eigenvalue weighted by Gasteiger charge is -2.11. The molecule has 1 heterocycles. The minimum atomic E-state index is -4.00. The maximum atomic E-state index is 12.2. The Morgan fingerprint density at radius 2 is 2.12 bits per heavy atom. The van der Waals surface area contributed by atoms with Crippen LogP contribution in [0.2, 0.25) is 5.02 Å². The second-order valence-electron chi connectivity index (χ2n) is 4.61. The van der Waals surface area contributed by atoms with Gasteiger partial charge in [-0.3, -0.25) is 9.79 Å². The molecule has 0 bridgehead atoms. The fraction of sp³-hybridized carbons (Fsp3) is 0.154. The Balaban J connectivity index is 2.56. The number of hydrogen-bond acceptors (Lipinski definition) is 5. The van der Waals surface area contributed by atoms with Crippen molar-refractivity contribution in [2.45, 2.75) is 4.90 Å². The molecule has 0 saturated carbocycles. The van der Waals surface area contributed by atoms with Gasteiger partial charge in [-0.2, -0.15) is 4.72 Å². The molecule has 9 nitrogen and oxygen atoms in total. The zero-order chi connectivity index (χ0) is 17.9. The van der Waals surface area contributed by atoms with Crippen molar-refractivity contribution in [3.8, 4) is 0 Å². The van der Waals surface area contributed by atoms with Crippen LogP contribution < -0.4 is 15.8 Å². The van der Waals surface area contributed by atoms with E-state index in [1.54, 1.807) is 0 Å². The third-order valence-electron chi connectivity index (χ3n) is 3.02. The molecule has 1 aromatic heterocycles. The molecule has 0 radical (unpaired) electrons. The van der Waals surface area contributed by atoms with E-state index in [2.05, 4.69) is 15.3 Å². The van der Waals surface area contributed by atoms with Crippen LogP contribution in [0.5, 0.6) is 0 Å².